The maximum absolute atomic E-state index is 11.9. The molecule has 0 bridgehead atoms. The first kappa shape index (κ1) is 13.5. The number of amides is 1. The monoisotopic (exact) mass is 236 g/mol. The SMILES string of the molecule is CC(C)N(CCCN)C(=O)Oc1ccccc1. The number of para-hydroxylation sites is 1. The Morgan fingerprint density at radius 3 is 2.53 bits per heavy atom. The zero-order chi connectivity index (χ0) is 12.7. The van der Waals surface area contributed by atoms with Crippen LogP contribution in [0.5, 0.6) is 5.75 Å². The van der Waals surface area contributed by atoms with Gasteiger partial charge in [0.25, 0.3) is 0 Å². The highest BCUT2D eigenvalue weighted by molar-refractivity contribution is 5.70. The van der Waals surface area contributed by atoms with Crippen LogP contribution in [0.2, 0.25) is 0 Å². The standard InChI is InChI=1S/C13H20N2O2/c1-11(2)15(10-6-9-14)13(16)17-12-7-4-3-5-8-12/h3-5,7-8,11H,6,9-10,14H2,1-2H3. The first-order valence-corrected chi connectivity index (χ1v) is 5.88. The van der Waals surface area contributed by atoms with Crippen molar-refractivity contribution in [2.45, 2.75) is 26.3 Å². The fraction of sp³-hybridized carbons (Fsp3) is 0.462. The van der Waals surface area contributed by atoms with Crippen LogP contribution in [0.15, 0.2) is 30.3 Å². The van der Waals surface area contributed by atoms with E-state index in [0.717, 1.165) is 6.42 Å². The van der Waals surface area contributed by atoms with Crippen molar-refractivity contribution in [3.8, 4) is 5.75 Å². The Bertz CT molecular complexity index is 339. The Morgan fingerprint density at radius 2 is 2.00 bits per heavy atom. The molecule has 2 N–H and O–H groups in total. The van der Waals surface area contributed by atoms with E-state index in [-0.39, 0.29) is 12.1 Å². The highest BCUT2D eigenvalue weighted by atomic mass is 16.6. The second-order valence-electron chi connectivity index (χ2n) is 4.11. The molecule has 1 aromatic carbocycles. The lowest BCUT2D eigenvalue weighted by molar-refractivity contribution is 0.138. The largest absolute Gasteiger partial charge is 0.415 e. The number of nitrogens with two attached hydrogens (primary N) is 1. The van der Waals surface area contributed by atoms with E-state index in [1.807, 2.05) is 32.0 Å². The molecule has 0 fully saturated rings. The van der Waals surface area contributed by atoms with Gasteiger partial charge in [-0.15, -0.1) is 0 Å². The summed E-state index contributed by atoms with van der Waals surface area (Å²) in [6.45, 7) is 5.12. The Morgan fingerprint density at radius 1 is 1.35 bits per heavy atom. The minimum Gasteiger partial charge on any atom is -0.410 e. The second-order valence-corrected chi connectivity index (χ2v) is 4.11. The summed E-state index contributed by atoms with van der Waals surface area (Å²) in [7, 11) is 0. The Hall–Kier alpha value is -1.55. The molecule has 0 aromatic heterocycles. The van der Waals surface area contributed by atoms with Gasteiger partial charge in [0, 0.05) is 12.6 Å². The summed E-state index contributed by atoms with van der Waals surface area (Å²) >= 11 is 0. The van der Waals surface area contributed by atoms with E-state index < -0.39 is 0 Å². The van der Waals surface area contributed by atoms with Crippen molar-refractivity contribution in [1.82, 2.24) is 4.90 Å². The summed E-state index contributed by atoms with van der Waals surface area (Å²) in [5, 5.41) is 0. The van der Waals surface area contributed by atoms with Crippen molar-refractivity contribution in [2.75, 3.05) is 13.1 Å². The van der Waals surface area contributed by atoms with Crippen LogP contribution in [0, 0.1) is 0 Å². The molecular weight excluding hydrogens is 216 g/mol. The molecule has 0 saturated heterocycles. The smallest absolute Gasteiger partial charge is 0.410 e. The van der Waals surface area contributed by atoms with Gasteiger partial charge in [-0.2, -0.15) is 0 Å². The number of hydrogen-bond donors (Lipinski definition) is 1. The molecule has 0 radical (unpaired) electrons. The molecule has 0 spiro atoms. The Balaban J connectivity index is 2.59. The topological polar surface area (TPSA) is 55.6 Å². The van der Waals surface area contributed by atoms with Gasteiger partial charge in [-0.1, -0.05) is 18.2 Å². The van der Waals surface area contributed by atoms with Gasteiger partial charge in [0.15, 0.2) is 0 Å². The lowest BCUT2D eigenvalue weighted by Gasteiger charge is -2.25. The molecule has 0 aliphatic rings. The van der Waals surface area contributed by atoms with Gasteiger partial charge in [0.1, 0.15) is 5.75 Å². The molecule has 94 valence electrons. The van der Waals surface area contributed by atoms with Gasteiger partial charge in [-0.25, -0.2) is 4.79 Å². The van der Waals surface area contributed by atoms with E-state index >= 15 is 0 Å². The van der Waals surface area contributed by atoms with E-state index in [0.29, 0.717) is 18.8 Å². The third-order valence-electron chi connectivity index (χ3n) is 2.41. The van der Waals surface area contributed by atoms with Gasteiger partial charge in [0.05, 0.1) is 0 Å². The summed E-state index contributed by atoms with van der Waals surface area (Å²) in [4.78, 5) is 13.6. The average Bonchev–Trinajstić information content (AvgIpc) is 2.30. The summed E-state index contributed by atoms with van der Waals surface area (Å²) < 4.78 is 5.28. The summed E-state index contributed by atoms with van der Waals surface area (Å²) in [6, 6.07) is 9.19. The maximum Gasteiger partial charge on any atom is 0.415 e. The van der Waals surface area contributed by atoms with Crippen LogP contribution in [-0.2, 0) is 0 Å². The molecule has 0 unspecified atom stereocenters. The van der Waals surface area contributed by atoms with Crippen molar-refractivity contribution in [3.05, 3.63) is 30.3 Å². The number of carbonyl (C=O) groups excluding carboxylic acids is 1. The number of rotatable bonds is 5. The van der Waals surface area contributed by atoms with Crippen molar-refractivity contribution >= 4 is 6.09 Å². The van der Waals surface area contributed by atoms with Crippen molar-refractivity contribution in [3.63, 3.8) is 0 Å². The molecule has 0 saturated carbocycles. The predicted molar refractivity (Wildman–Crippen MR) is 68.0 cm³/mol. The van der Waals surface area contributed by atoms with E-state index in [2.05, 4.69) is 0 Å². The Kier molecular flexibility index (Phi) is 5.49. The fourth-order valence-corrected chi connectivity index (χ4v) is 1.47. The minimum absolute atomic E-state index is 0.109. The van der Waals surface area contributed by atoms with Crippen LogP contribution in [0.25, 0.3) is 0 Å². The summed E-state index contributed by atoms with van der Waals surface area (Å²) in [6.07, 6.45) is 0.460. The van der Waals surface area contributed by atoms with E-state index in [1.54, 1.807) is 17.0 Å². The molecule has 0 aliphatic heterocycles. The highest BCUT2D eigenvalue weighted by Crippen LogP contribution is 2.11. The number of ether oxygens (including phenoxy) is 1. The molecule has 1 amide bonds. The van der Waals surface area contributed by atoms with Crippen LogP contribution < -0.4 is 10.5 Å². The number of hydrogen-bond acceptors (Lipinski definition) is 3. The van der Waals surface area contributed by atoms with E-state index in [4.69, 9.17) is 10.5 Å². The van der Waals surface area contributed by atoms with E-state index in [1.165, 1.54) is 0 Å². The van der Waals surface area contributed by atoms with Gasteiger partial charge in [-0.05, 0) is 38.9 Å². The van der Waals surface area contributed by atoms with Gasteiger partial charge in [-0.3, -0.25) is 0 Å². The molecular formula is C13H20N2O2. The molecule has 1 aromatic rings. The number of nitrogens with zero attached hydrogens (tertiary/aromatic N) is 1. The average molecular weight is 236 g/mol. The molecule has 0 atom stereocenters. The van der Waals surface area contributed by atoms with Crippen LogP contribution >= 0.6 is 0 Å². The molecule has 1 rings (SSSR count). The first-order chi connectivity index (χ1) is 8.15. The molecule has 17 heavy (non-hydrogen) atoms. The molecule has 0 aliphatic carbocycles. The lowest BCUT2D eigenvalue weighted by Crippen LogP contribution is -2.40. The van der Waals surface area contributed by atoms with Crippen molar-refractivity contribution in [2.24, 2.45) is 5.73 Å². The lowest BCUT2D eigenvalue weighted by atomic mass is 10.3. The van der Waals surface area contributed by atoms with Crippen LogP contribution in [0.1, 0.15) is 20.3 Å². The maximum atomic E-state index is 11.9. The Labute approximate surface area is 102 Å². The van der Waals surface area contributed by atoms with Crippen LogP contribution in [0.4, 0.5) is 4.79 Å². The van der Waals surface area contributed by atoms with Crippen LogP contribution in [-0.4, -0.2) is 30.1 Å². The summed E-state index contributed by atoms with van der Waals surface area (Å²) in [5.41, 5.74) is 5.45. The second kappa shape index (κ2) is 6.91. The molecule has 4 heteroatoms. The van der Waals surface area contributed by atoms with Crippen molar-refractivity contribution in [1.29, 1.82) is 0 Å². The third-order valence-corrected chi connectivity index (χ3v) is 2.41. The third kappa shape index (κ3) is 4.44. The number of carbonyl (C=O) groups is 1. The first-order valence-electron chi connectivity index (χ1n) is 5.88. The minimum atomic E-state index is -0.320. The van der Waals surface area contributed by atoms with Crippen LogP contribution in [0.3, 0.4) is 0 Å². The van der Waals surface area contributed by atoms with E-state index in [9.17, 15) is 4.79 Å². The zero-order valence-corrected chi connectivity index (χ0v) is 10.4. The normalized spacial score (nSPS) is 10.4. The number of benzene rings is 1. The zero-order valence-electron chi connectivity index (χ0n) is 10.4. The molecule has 4 nitrogen and oxygen atoms in total. The highest BCUT2D eigenvalue weighted by Gasteiger charge is 2.18. The van der Waals surface area contributed by atoms with Gasteiger partial charge < -0.3 is 15.4 Å². The molecule has 0 heterocycles. The quantitative estimate of drug-likeness (QED) is 0.853. The summed E-state index contributed by atoms with van der Waals surface area (Å²) in [5.74, 6) is 0.566. The van der Waals surface area contributed by atoms with Crippen molar-refractivity contribution < 1.29 is 9.53 Å². The van der Waals surface area contributed by atoms with Gasteiger partial charge in [0.2, 0.25) is 0 Å². The fourth-order valence-electron chi connectivity index (χ4n) is 1.47. The van der Waals surface area contributed by atoms with Gasteiger partial charge >= 0.3 is 6.09 Å². The predicted octanol–water partition coefficient (Wildman–Crippen LogP) is 2.24.